The van der Waals surface area contributed by atoms with Crippen molar-refractivity contribution in [1.29, 1.82) is 0 Å². The van der Waals surface area contributed by atoms with Crippen LogP contribution < -0.4 is 26.4 Å². The van der Waals surface area contributed by atoms with E-state index in [1.807, 2.05) is 0 Å². The van der Waals surface area contributed by atoms with Crippen molar-refractivity contribution >= 4 is 68.4 Å². The minimum absolute atomic E-state index is 0.00442. The molecule has 0 N–H and O–H groups in total. The second-order valence-electron chi connectivity index (χ2n) is 24.7. The van der Waals surface area contributed by atoms with Crippen molar-refractivity contribution in [2.24, 2.45) is 0 Å². The largest absolute Gasteiger partial charge is 0.468 e. The lowest BCUT2D eigenvalue weighted by Gasteiger charge is -2.52. The van der Waals surface area contributed by atoms with Gasteiger partial charge in [0.2, 0.25) is 0 Å². The van der Waals surface area contributed by atoms with Crippen molar-refractivity contribution in [2.75, 3.05) is 9.80 Å². The first-order chi connectivity index (χ1) is 33.2. The van der Waals surface area contributed by atoms with Crippen molar-refractivity contribution in [2.45, 2.75) is 154 Å². The molecule has 7 aromatic rings. The third-order valence-electron chi connectivity index (χ3n) is 17.3. The molecule has 0 spiro atoms. The van der Waals surface area contributed by atoms with E-state index in [0.29, 0.717) is 5.56 Å². The summed E-state index contributed by atoms with van der Waals surface area (Å²) in [6.07, 6.45) is 6.83. The molecule has 13 rings (SSSR count). The van der Waals surface area contributed by atoms with Gasteiger partial charge in [-0.15, -0.1) is 0 Å². The summed E-state index contributed by atoms with van der Waals surface area (Å²) < 4.78 is 53.0. The van der Waals surface area contributed by atoms with Gasteiger partial charge in [-0.3, -0.25) is 0 Å². The highest BCUT2D eigenvalue weighted by atomic mass is 16.3. The predicted molar refractivity (Wildman–Crippen MR) is 282 cm³/mol. The molecule has 3 nitrogen and oxygen atoms in total. The number of anilines is 6. The minimum atomic E-state index is -0.400. The van der Waals surface area contributed by atoms with Crippen LogP contribution in [0.3, 0.4) is 0 Å². The SMILES string of the molecule is [2H]c1c([2H])c([2H])c(-c2cc3c4c(c2)N(c2ccc5c(c2)C(C)(C)CCC5(C)C)c2c(oc5cc6c(cc25)C2(C)CCC6(C)CC2)B4c2cc(C(C)(C)C)ccc2N3c2cccc(C(C)(C)C)c2)c([2H])c1[2H]. The fourth-order valence-corrected chi connectivity index (χ4v) is 12.8. The Morgan fingerprint density at radius 3 is 1.82 bits per heavy atom. The number of furan rings is 1. The maximum absolute atomic E-state index is 9.45. The van der Waals surface area contributed by atoms with Crippen molar-refractivity contribution in [3.05, 3.63) is 149 Å². The molecule has 6 aliphatic rings. The Hall–Kier alpha value is -5.48. The van der Waals surface area contributed by atoms with Crippen LogP contribution >= 0.6 is 0 Å². The van der Waals surface area contributed by atoms with Gasteiger partial charge >= 0.3 is 0 Å². The summed E-state index contributed by atoms with van der Waals surface area (Å²) in [6.45, 7) is 27.7. The van der Waals surface area contributed by atoms with E-state index < -0.39 is 6.04 Å². The molecule has 0 saturated heterocycles. The van der Waals surface area contributed by atoms with Crippen LogP contribution in [0.4, 0.5) is 34.1 Å². The molecule has 0 atom stereocenters. The summed E-state index contributed by atoms with van der Waals surface area (Å²) in [7, 11) is 0. The van der Waals surface area contributed by atoms with Crippen molar-refractivity contribution in [3.8, 4) is 11.1 Å². The predicted octanol–water partition coefficient (Wildman–Crippen LogP) is 15.2. The molecule has 0 radical (unpaired) electrons. The van der Waals surface area contributed by atoms with E-state index >= 15 is 0 Å². The van der Waals surface area contributed by atoms with E-state index in [2.05, 4.69) is 178 Å². The molecule has 3 heterocycles. The number of nitrogens with zero attached hydrogens (tertiary/aromatic N) is 2. The number of rotatable bonds is 3. The van der Waals surface area contributed by atoms with E-state index in [9.17, 15) is 2.74 Å². The summed E-state index contributed by atoms with van der Waals surface area (Å²) >= 11 is 0. The van der Waals surface area contributed by atoms with Gasteiger partial charge in [0.05, 0.1) is 18.2 Å². The van der Waals surface area contributed by atoms with Crippen molar-refractivity contribution < 1.29 is 11.3 Å². The quantitative estimate of drug-likeness (QED) is 0.165. The molecule has 2 bridgehead atoms. The second-order valence-corrected chi connectivity index (χ2v) is 24.7. The average molecular weight is 872 g/mol. The Morgan fingerprint density at radius 1 is 0.545 bits per heavy atom. The fourth-order valence-electron chi connectivity index (χ4n) is 12.8. The Labute approximate surface area is 401 Å². The lowest BCUT2D eigenvalue weighted by Crippen LogP contribution is -2.61. The van der Waals surface area contributed by atoms with Gasteiger partial charge in [-0.25, -0.2) is 0 Å². The van der Waals surface area contributed by atoms with Gasteiger partial charge in [0.1, 0.15) is 5.58 Å². The van der Waals surface area contributed by atoms with E-state index in [-0.39, 0.29) is 68.9 Å². The lowest BCUT2D eigenvalue weighted by molar-refractivity contribution is 0.188. The molecule has 334 valence electrons. The second kappa shape index (κ2) is 13.6. The summed E-state index contributed by atoms with van der Waals surface area (Å²) in [5, 5.41) is 1.09. The number of hydrogen-bond donors (Lipinski definition) is 0. The van der Waals surface area contributed by atoms with Crippen LogP contribution in [0.1, 0.15) is 162 Å². The first-order valence-corrected chi connectivity index (χ1v) is 24.6. The number of hydrogen-bond acceptors (Lipinski definition) is 3. The molecule has 4 heteroatoms. The van der Waals surface area contributed by atoms with Crippen LogP contribution in [-0.2, 0) is 32.5 Å². The molecule has 4 aliphatic carbocycles. The van der Waals surface area contributed by atoms with Gasteiger partial charge in [0, 0.05) is 33.8 Å². The monoisotopic (exact) mass is 872 g/mol. The highest BCUT2D eigenvalue weighted by Gasteiger charge is 2.51. The van der Waals surface area contributed by atoms with E-state index in [1.165, 1.54) is 46.2 Å². The highest BCUT2D eigenvalue weighted by Crippen LogP contribution is 2.59. The minimum Gasteiger partial charge on any atom is -0.468 e. The molecular weight excluding hydrogens is 800 g/mol. The van der Waals surface area contributed by atoms with Crippen LogP contribution in [0.5, 0.6) is 0 Å². The summed E-state index contributed by atoms with van der Waals surface area (Å²) in [5.74, 6) is 0. The topological polar surface area (TPSA) is 19.6 Å². The van der Waals surface area contributed by atoms with Crippen LogP contribution in [-0.4, -0.2) is 6.71 Å². The van der Waals surface area contributed by atoms with E-state index in [0.717, 1.165) is 87.4 Å². The van der Waals surface area contributed by atoms with Crippen molar-refractivity contribution in [3.63, 3.8) is 0 Å². The molecule has 0 amide bonds. The molecule has 66 heavy (non-hydrogen) atoms. The third kappa shape index (κ3) is 6.01. The summed E-state index contributed by atoms with van der Waals surface area (Å²) in [6, 6.07) is 30.5. The fraction of sp³-hybridized carbons (Fsp3) is 0.387. The zero-order valence-corrected chi connectivity index (χ0v) is 41.2. The van der Waals surface area contributed by atoms with E-state index in [1.54, 1.807) is 0 Å². The molecule has 1 fully saturated rings. The van der Waals surface area contributed by atoms with Gasteiger partial charge in [-0.1, -0.05) is 144 Å². The van der Waals surface area contributed by atoms with E-state index in [4.69, 9.17) is 8.53 Å². The summed E-state index contributed by atoms with van der Waals surface area (Å²) in [4.78, 5) is 4.81. The van der Waals surface area contributed by atoms with Crippen LogP contribution in [0.15, 0.2) is 120 Å². The Morgan fingerprint density at radius 2 is 1.15 bits per heavy atom. The van der Waals surface area contributed by atoms with Gasteiger partial charge in [-0.2, -0.15) is 0 Å². The average Bonchev–Trinajstić information content (AvgIpc) is 3.69. The molecule has 2 aliphatic heterocycles. The standard InChI is InChI=1S/C62H67BN2O/c1-57(2,3)40-19-16-20-42(33-40)64-50-24-21-41(58(4,5)6)34-49(50)63-54-51(64)31-39(38-17-14-13-15-18-38)32-52(54)65(43-22-23-45-46(35-43)60(9,10)26-25-59(45,7)8)55-44-36-47-48(37-53(44)66-56(55)63)62(12)29-27-61(47,11)28-30-62/h13-24,31-37H,25-30H2,1-12H3/i13D,14D,15D,17D,18D. The van der Waals surface area contributed by atoms with Gasteiger partial charge in [0.15, 0.2) is 0 Å². The van der Waals surface area contributed by atoms with Gasteiger partial charge < -0.3 is 14.2 Å². The zero-order valence-electron chi connectivity index (χ0n) is 46.2. The first-order valence-electron chi connectivity index (χ1n) is 27.1. The highest BCUT2D eigenvalue weighted by molar-refractivity contribution is 7.00. The zero-order chi connectivity index (χ0) is 50.4. The maximum atomic E-state index is 9.45. The van der Waals surface area contributed by atoms with Crippen molar-refractivity contribution in [1.82, 2.24) is 0 Å². The third-order valence-corrected chi connectivity index (χ3v) is 17.3. The smallest absolute Gasteiger partial charge is 0.297 e. The number of benzene rings is 6. The molecular formula is C62H67BN2O. The Kier molecular flexibility index (Phi) is 7.54. The number of fused-ring (bicyclic) bond motifs is 9. The molecule has 6 aromatic carbocycles. The first kappa shape index (κ1) is 36.6. The molecule has 1 saturated carbocycles. The summed E-state index contributed by atoms with van der Waals surface area (Å²) in [5.41, 5.74) is 18.4. The Bertz CT molecular complexity index is 3440. The molecule has 0 unspecified atom stereocenters. The van der Waals surface area contributed by atoms with Crippen LogP contribution in [0.2, 0.25) is 0 Å². The normalized spacial score (nSPS) is 23.2. The molecule has 1 aromatic heterocycles. The van der Waals surface area contributed by atoms with Crippen LogP contribution in [0.25, 0.3) is 22.1 Å². The van der Waals surface area contributed by atoms with Gasteiger partial charge in [0.25, 0.3) is 6.71 Å². The lowest BCUT2D eigenvalue weighted by atomic mass is 9.35. The Balaban J connectivity index is 1.26. The maximum Gasteiger partial charge on any atom is 0.297 e. The van der Waals surface area contributed by atoms with Gasteiger partial charge in [-0.05, 0) is 181 Å². The van der Waals surface area contributed by atoms with Crippen LogP contribution in [0, 0.1) is 0 Å².